The summed E-state index contributed by atoms with van der Waals surface area (Å²) in [5, 5.41) is 6.61. The van der Waals surface area contributed by atoms with Gasteiger partial charge in [0.15, 0.2) is 5.96 Å². The second-order valence-electron chi connectivity index (χ2n) is 5.24. The van der Waals surface area contributed by atoms with Gasteiger partial charge in [0.2, 0.25) is 0 Å². The number of aliphatic imine (C=N–C) groups is 1. The average molecular weight is 449 g/mol. The van der Waals surface area contributed by atoms with Crippen LogP contribution >= 0.6 is 24.0 Å². The quantitative estimate of drug-likeness (QED) is 0.223. The Balaban J connectivity index is 0.00000529. The molecular formula is C18H32IN3O2. The van der Waals surface area contributed by atoms with Gasteiger partial charge in [-0.1, -0.05) is 30.3 Å². The summed E-state index contributed by atoms with van der Waals surface area (Å²) in [7, 11) is 1.68. The normalized spacial score (nSPS) is 11.0. The zero-order valence-electron chi connectivity index (χ0n) is 14.9. The molecule has 0 aliphatic rings. The van der Waals surface area contributed by atoms with Gasteiger partial charge in [0.05, 0.1) is 13.2 Å². The Labute approximate surface area is 163 Å². The third-order valence-corrected chi connectivity index (χ3v) is 3.27. The van der Waals surface area contributed by atoms with E-state index in [1.165, 1.54) is 5.56 Å². The van der Waals surface area contributed by atoms with Crippen LogP contribution in [0.3, 0.4) is 0 Å². The predicted molar refractivity (Wildman–Crippen MR) is 111 cm³/mol. The molecule has 0 saturated carbocycles. The van der Waals surface area contributed by atoms with Crippen molar-refractivity contribution in [2.45, 2.75) is 26.2 Å². The fraction of sp³-hybridized carbons (Fsp3) is 0.611. The van der Waals surface area contributed by atoms with Crippen molar-refractivity contribution in [3.05, 3.63) is 35.9 Å². The van der Waals surface area contributed by atoms with Crippen LogP contribution in [-0.4, -0.2) is 52.5 Å². The molecule has 24 heavy (non-hydrogen) atoms. The Morgan fingerprint density at radius 1 is 1.04 bits per heavy atom. The first-order valence-electron chi connectivity index (χ1n) is 8.49. The molecule has 0 radical (unpaired) electrons. The van der Waals surface area contributed by atoms with Gasteiger partial charge in [-0.15, -0.1) is 24.0 Å². The van der Waals surface area contributed by atoms with E-state index >= 15 is 0 Å². The number of aryl methyl sites for hydroxylation is 1. The molecule has 0 aliphatic carbocycles. The number of hydrogen-bond donors (Lipinski definition) is 2. The average Bonchev–Trinajstić information content (AvgIpc) is 2.58. The Hall–Kier alpha value is -0.860. The highest BCUT2D eigenvalue weighted by Gasteiger charge is 1.97. The fourth-order valence-electron chi connectivity index (χ4n) is 2.09. The molecule has 1 aromatic carbocycles. The topological polar surface area (TPSA) is 54.9 Å². The van der Waals surface area contributed by atoms with Crippen molar-refractivity contribution in [1.82, 2.24) is 10.6 Å². The maximum atomic E-state index is 5.44. The largest absolute Gasteiger partial charge is 0.382 e. The van der Waals surface area contributed by atoms with Crippen molar-refractivity contribution >= 4 is 29.9 Å². The lowest BCUT2D eigenvalue weighted by Crippen LogP contribution is -2.38. The molecule has 138 valence electrons. The van der Waals surface area contributed by atoms with Gasteiger partial charge in [-0.05, 0) is 31.7 Å². The van der Waals surface area contributed by atoms with Gasteiger partial charge in [0.1, 0.15) is 0 Å². The molecule has 0 amide bonds. The van der Waals surface area contributed by atoms with E-state index in [0.717, 1.165) is 51.5 Å². The maximum absolute atomic E-state index is 5.44. The first-order valence-corrected chi connectivity index (χ1v) is 8.49. The van der Waals surface area contributed by atoms with Crippen LogP contribution in [0.4, 0.5) is 0 Å². The van der Waals surface area contributed by atoms with Crippen LogP contribution in [0.15, 0.2) is 35.3 Å². The smallest absolute Gasteiger partial charge is 0.191 e. The SMILES string of the molecule is CCNC(=NCCCc1ccccc1)NCCCOCCOC.I. The molecule has 2 N–H and O–H groups in total. The lowest BCUT2D eigenvalue weighted by atomic mass is 10.1. The number of methoxy groups -OCH3 is 1. The molecule has 0 aliphatic heterocycles. The van der Waals surface area contributed by atoms with E-state index in [9.17, 15) is 0 Å². The highest BCUT2D eigenvalue weighted by molar-refractivity contribution is 14.0. The minimum absolute atomic E-state index is 0. The van der Waals surface area contributed by atoms with E-state index in [-0.39, 0.29) is 24.0 Å². The highest BCUT2D eigenvalue weighted by Crippen LogP contribution is 2.02. The van der Waals surface area contributed by atoms with E-state index in [0.29, 0.717) is 13.2 Å². The Kier molecular flexibility index (Phi) is 16.4. The fourth-order valence-corrected chi connectivity index (χ4v) is 2.09. The number of halogens is 1. The van der Waals surface area contributed by atoms with Gasteiger partial charge >= 0.3 is 0 Å². The van der Waals surface area contributed by atoms with Gasteiger partial charge in [-0.25, -0.2) is 0 Å². The summed E-state index contributed by atoms with van der Waals surface area (Å²) in [5.74, 6) is 0.887. The van der Waals surface area contributed by atoms with Crippen molar-refractivity contribution in [2.24, 2.45) is 4.99 Å². The molecule has 1 aromatic rings. The number of guanidine groups is 1. The van der Waals surface area contributed by atoms with E-state index in [2.05, 4.69) is 46.8 Å². The molecule has 6 heteroatoms. The van der Waals surface area contributed by atoms with Crippen LogP contribution in [-0.2, 0) is 15.9 Å². The monoisotopic (exact) mass is 449 g/mol. The number of benzene rings is 1. The molecular weight excluding hydrogens is 417 g/mol. The number of rotatable bonds is 12. The van der Waals surface area contributed by atoms with Gasteiger partial charge in [0.25, 0.3) is 0 Å². The Bertz CT molecular complexity index is 416. The first-order chi connectivity index (χ1) is 11.4. The van der Waals surface area contributed by atoms with E-state index in [1.54, 1.807) is 7.11 Å². The zero-order valence-corrected chi connectivity index (χ0v) is 17.3. The van der Waals surface area contributed by atoms with E-state index in [1.807, 2.05) is 6.07 Å². The van der Waals surface area contributed by atoms with Crippen LogP contribution in [0.25, 0.3) is 0 Å². The summed E-state index contributed by atoms with van der Waals surface area (Å²) < 4.78 is 10.4. The summed E-state index contributed by atoms with van der Waals surface area (Å²) in [6, 6.07) is 10.5. The number of ether oxygens (including phenoxy) is 2. The summed E-state index contributed by atoms with van der Waals surface area (Å²) in [5.41, 5.74) is 1.37. The second kappa shape index (κ2) is 17.0. The molecule has 0 saturated heterocycles. The molecule has 0 atom stereocenters. The van der Waals surface area contributed by atoms with Crippen molar-refractivity contribution in [3.8, 4) is 0 Å². The van der Waals surface area contributed by atoms with Gasteiger partial charge < -0.3 is 20.1 Å². The minimum atomic E-state index is 0. The maximum Gasteiger partial charge on any atom is 0.191 e. The zero-order chi connectivity index (χ0) is 16.6. The summed E-state index contributed by atoms with van der Waals surface area (Å²) >= 11 is 0. The van der Waals surface area contributed by atoms with Crippen LogP contribution in [0, 0.1) is 0 Å². The van der Waals surface area contributed by atoms with Crippen molar-refractivity contribution in [2.75, 3.05) is 46.6 Å². The lowest BCUT2D eigenvalue weighted by molar-refractivity contribution is 0.0698. The summed E-state index contributed by atoms with van der Waals surface area (Å²) in [6.45, 7) is 6.68. The Morgan fingerprint density at radius 2 is 1.83 bits per heavy atom. The van der Waals surface area contributed by atoms with Crippen LogP contribution in [0.5, 0.6) is 0 Å². The van der Waals surface area contributed by atoms with E-state index in [4.69, 9.17) is 9.47 Å². The second-order valence-corrected chi connectivity index (χ2v) is 5.24. The summed E-state index contributed by atoms with van der Waals surface area (Å²) in [4.78, 5) is 4.61. The number of nitrogens with zero attached hydrogens (tertiary/aromatic N) is 1. The van der Waals surface area contributed by atoms with Gasteiger partial charge in [-0.2, -0.15) is 0 Å². The molecule has 5 nitrogen and oxygen atoms in total. The number of hydrogen-bond acceptors (Lipinski definition) is 3. The molecule has 0 bridgehead atoms. The van der Waals surface area contributed by atoms with Crippen LogP contribution < -0.4 is 10.6 Å². The third kappa shape index (κ3) is 12.5. The molecule has 0 aromatic heterocycles. The van der Waals surface area contributed by atoms with Crippen molar-refractivity contribution in [1.29, 1.82) is 0 Å². The molecule has 0 unspecified atom stereocenters. The molecule has 0 heterocycles. The van der Waals surface area contributed by atoms with Crippen LogP contribution in [0.1, 0.15) is 25.3 Å². The summed E-state index contributed by atoms with van der Waals surface area (Å²) in [6.07, 6.45) is 3.08. The molecule has 0 fully saturated rings. The molecule has 1 rings (SSSR count). The number of nitrogens with one attached hydrogen (secondary N) is 2. The van der Waals surface area contributed by atoms with E-state index < -0.39 is 0 Å². The van der Waals surface area contributed by atoms with Crippen LogP contribution in [0.2, 0.25) is 0 Å². The highest BCUT2D eigenvalue weighted by atomic mass is 127. The third-order valence-electron chi connectivity index (χ3n) is 3.27. The predicted octanol–water partition coefficient (Wildman–Crippen LogP) is 2.85. The van der Waals surface area contributed by atoms with Crippen molar-refractivity contribution < 1.29 is 9.47 Å². The van der Waals surface area contributed by atoms with Gasteiger partial charge in [0, 0.05) is 33.4 Å². The standard InChI is InChI=1S/C18H31N3O2.HI/c1-3-19-18(21-13-8-14-23-16-15-22-2)20-12-7-11-17-9-5-4-6-10-17;/h4-6,9-10H,3,7-8,11-16H2,1-2H3,(H2,19,20,21);1H. The van der Waals surface area contributed by atoms with Gasteiger partial charge in [-0.3, -0.25) is 4.99 Å². The minimum Gasteiger partial charge on any atom is -0.382 e. The molecule has 0 spiro atoms. The Morgan fingerprint density at radius 3 is 2.54 bits per heavy atom. The first kappa shape index (κ1) is 23.1. The van der Waals surface area contributed by atoms with Crippen molar-refractivity contribution in [3.63, 3.8) is 0 Å². The lowest BCUT2D eigenvalue weighted by Gasteiger charge is -2.11.